The number of carbonyl (C=O) groups is 2. The number of unbranched alkanes of at least 4 members (excludes halogenated alkanes) is 4. The zero-order valence-electron chi connectivity index (χ0n) is 15.0. The molecule has 0 saturated carbocycles. The molecule has 2 N–H and O–H groups in total. The van der Waals surface area contributed by atoms with Crippen molar-refractivity contribution in [1.82, 2.24) is 10.6 Å². The van der Waals surface area contributed by atoms with Crippen LogP contribution in [-0.2, 0) is 19.1 Å². The summed E-state index contributed by atoms with van der Waals surface area (Å²) in [4.78, 5) is 22.0. The summed E-state index contributed by atoms with van der Waals surface area (Å²) in [6.45, 7) is 8.51. The number of amides is 2. The maximum Gasteiger partial charge on any atom is 0.246 e. The Hall–Kier alpha value is -1.14. The van der Waals surface area contributed by atoms with Crippen molar-refractivity contribution in [3.05, 3.63) is 0 Å². The maximum absolute atomic E-state index is 11.4. The summed E-state index contributed by atoms with van der Waals surface area (Å²) in [7, 11) is 0. The Labute approximate surface area is 140 Å². The number of hydrogen-bond donors (Lipinski definition) is 2. The van der Waals surface area contributed by atoms with E-state index in [1.807, 2.05) is 13.8 Å². The van der Waals surface area contributed by atoms with Gasteiger partial charge in [0.15, 0.2) is 0 Å². The predicted molar refractivity (Wildman–Crippen MR) is 91.3 cm³/mol. The van der Waals surface area contributed by atoms with E-state index in [0.717, 1.165) is 58.3 Å². The highest BCUT2D eigenvalue weighted by molar-refractivity contribution is 5.77. The van der Waals surface area contributed by atoms with Crippen molar-refractivity contribution in [3.63, 3.8) is 0 Å². The maximum atomic E-state index is 11.4. The van der Waals surface area contributed by atoms with Gasteiger partial charge in [-0.25, -0.2) is 0 Å². The molecule has 136 valence electrons. The molecule has 0 atom stereocenters. The van der Waals surface area contributed by atoms with Gasteiger partial charge in [-0.2, -0.15) is 0 Å². The van der Waals surface area contributed by atoms with Gasteiger partial charge in [0, 0.05) is 33.2 Å². The van der Waals surface area contributed by atoms with Gasteiger partial charge in [-0.1, -0.05) is 0 Å². The van der Waals surface area contributed by atoms with E-state index in [9.17, 15) is 9.59 Å². The average molecular weight is 330 g/mol. The van der Waals surface area contributed by atoms with Gasteiger partial charge in [0.25, 0.3) is 0 Å². The van der Waals surface area contributed by atoms with E-state index in [1.54, 1.807) is 0 Å². The second kappa shape index (κ2) is 15.7. The SMILES string of the molecule is CC(=O)NCCCCCOCCCCCNC(=O)COC(C)C. The Balaban J connectivity index is 3.13. The minimum atomic E-state index is -0.0470. The fourth-order valence-electron chi connectivity index (χ4n) is 1.90. The zero-order valence-corrected chi connectivity index (χ0v) is 15.0. The molecule has 6 nitrogen and oxygen atoms in total. The van der Waals surface area contributed by atoms with Crippen molar-refractivity contribution in [3.8, 4) is 0 Å². The van der Waals surface area contributed by atoms with E-state index < -0.39 is 0 Å². The van der Waals surface area contributed by atoms with Crippen LogP contribution in [0.15, 0.2) is 0 Å². The lowest BCUT2D eigenvalue weighted by Crippen LogP contribution is -2.29. The fourth-order valence-corrected chi connectivity index (χ4v) is 1.90. The summed E-state index contributed by atoms with van der Waals surface area (Å²) in [6, 6.07) is 0. The van der Waals surface area contributed by atoms with Crippen LogP contribution in [0.3, 0.4) is 0 Å². The van der Waals surface area contributed by atoms with E-state index in [-0.39, 0.29) is 24.5 Å². The molecule has 0 aromatic heterocycles. The van der Waals surface area contributed by atoms with Crippen molar-refractivity contribution >= 4 is 11.8 Å². The van der Waals surface area contributed by atoms with Crippen molar-refractivity contribution in [2.75, 3.05) is 32.9 Å². The van der Waals surface area contributed by atoms with Crippen LogP contribution in [0.4, 0.5) is 0 Å². The fraction of sp³-hybridized carbons (Fsp3) is 0.882. The number of nitrogens with one attached hydrogen (secondary N) is 2. The molecule has 0 aliphatic heterocycles. The third-order valence-corrected chi connectivity index (χ3v) is 3.17. The number of carbonyl (C=O) groups excluding carboxylic acids is 2. The molecule has 0 heterocycles. The number of ether oxygens (including phenoxy) is 2. The summed E-state index contributed by atoms with van der Waals surface area (Å²) in [6.07, 6.45) is 6.23. The summed E-state index contributed by atoms with van der Waals surface area (Å²) < 4.78 is 10.8. The largest absolute Gasteiger partial charge is 0.381 e. The lowest BCUT2D eigenvalue weighted by molar-refractivity contribution is -0.127. The van der Waals surface area contributed by atoms with Crippen LogP contribution < -0.4 is 10.6 Å². The van der Waals surface area contributed by atoms with Gasteiger partial charge in [0.05, 0.1) is 6.10 Å². The van der Waals surface area contributed by atoms with Crippen molar-refractivity contribution < 1.29 is 19.1 Å². The van der Waals surface area contributed by atoms with Crippen molar-refractivity contribution in [2.24, 2.45) is 0 Å². The molecule has 0 rings (SSSR count). The second-order valence-corrected chi connectivity index (χ2v) is 5.93. The Morgan fingerprint density at radius 2 is 1.43 bits per heavy atom. The monoisotopic (exact) mass is 330 g/mol. The van der Waals surface area contributed by atoms with Crippen LogP contribution in [0.5, 0.6) is 0 Å². The van der Waals surface area contributed by atoms with E-state index in [1.165, 1.54) is 6.92 Å². The molecule has 0 aliphatic rings. The van der Waals surface area contributed by atoms with Gasteiger partial charge in [0.1, 0.15) is 6.61 Å². The molecule has 0 aromatic rings. The third-order valence-electron chi connectivity index (χ3n) is 3.17. The van der Waals surface area contributed by atoms with Gasteiger partial charge in [0.2, 0.25) is 11.8 Å². The highest BCUT2D eigenvalue weighted by Crippen LogP contribution is 1.98. The minimum absolute atomic E-state index is 0.0323. The molecule has 0 aliphatic carbocycles. The van der Waals surface area contributed by atoms with Gasteiger partial charge >= 0.3 is 0 Å². The van der Waals surface area contributed by atoms with Gasteiger partial charge in [-0.15, -0.1) is 0 Å². The van der Waals surface area contributed by atoms with Gasteiger partial charge < -0.3 is 20.1 Å². The molecule has 23 heavy (non-hydrogen) atoms. The smallest absolute Gasteiger partial charge is 0.246 e. The second-order valence-electron chi connectivity index (χ2n) is 5.93. The Bertz CT molecular complexity index is 309. The lowest BCUT2D eigenvalue weighted by atomic mass is 10.2. The summed E-state index contributed by atoms with van der Waals surface area (Å²) in [5.74, 6) is -0.0147. The first-order valence-corrected chi connectivity index (χ1v) is 8.73. The highest BCUT2D eigenvalue weighted by atomic mass is 16.5. The minimum Gasteiger partial charge on any atom is -0.381 e. The molecule has 0 fully saturated rings. The topological polar surface area (TPSA) is 76.7 Å². The van der Waals surface area contributed by atoms with Crippen LogP contribution in [0, 0.1) is 0 Å². The molecule has 2 amide bonds. The average Bonchev–Trinajstić information content (AvgIpc) is 2.49. The third kappa shape index (κ3) is 18.8. The number of rotatable bonds is 15. The first kappa shape index (κ1) is 21.9. The normalized spacial score (nSPS) is 10.8. The van der Waals surface area contributed by atoms with Crippen LogP contribution in [0.25, 0.3) is 0 Å². The standard InChI is InChI=1S/C17H34N2O4/c1-15(2)23-14-17(21)19-11-7-5-9-13-22-12-8-4-6-10-18-16(3)20/h15H,4-14H2,1-3H3,(H,18,20)(H,19,21). The Morgan fingerprint density at radius 1 is 0.870 bits per heavy atom. The zero-order chi connectivity index (χ0) is 17.3. The summed E-state index contributed by atoms with van der Waals surface area (Å²) >= 11 is 0. The highest BCUT2D eigenvalue weighted by Gasteiger charge is 2.02. The van der Waals surface area contributed by atoms with E-state index in [4.69, 9.17) is 9.47 Å². The van der Waals surface area contributed by atoms with E-state index in [2.05, 4.69) is 10.6 Å². The first-order valence-electron chi connectivity index (χ1n) is 8.73. The van der Waals surface area contributed by atoms with E-state index >= 15 is 0 Å². The predicted octanol–water partition coefficient (Wildman–Crippen LogP) is 2.02. The van der Waals surface area contributed by atoms with E-state index in [0.29, 0.717) is 6.54 Å². The van der Waals surface area contributed by atoms with Crippen LogP contribution in [0.2, 0.25) is 0 Å². The van der Waals surface area contributed by atoms with Gasteiger partial charge in [-0.3, -0.25) is 9.59 Å². The first-order chi connectivity index (χ1) is 11.0. The van der Waals surface area contributed by atoms with Crippen LogP contribution in [0.1, 0.15) is 59.3 Å². The van der Waals surface area contributed by atoms with Crippen molar-refractivity contribution in [1.29, 1.82) is 0 Å². The molecular formula is C17H34N2O4. The molecule has 0 saturated heterocycles. The lowest BCUT2D eigenvalue weighted by Gasteiger charge is -2.08. The molecule has 0 radical (unpaired) electrons. The summed E-state index contributed by atoms with van der Waals surface area (Å²) in [5, 5.41) is 5.62. The Morgan fingerprint density at radius 3 is 1.96 bits per heavy atom. The molecule has 6 heteroatoms. The van der Waals surface area contributed by atoms with Crippen molar-refractivity contribution in [2.45, 2.75) is 65.4 Å². The molecule has 0 unspecified atom stereocenters. The quantitative estimate of drug-likeness (QED) is 0.450. The molecular weight excluding hydrogens is 296 g/mol. The number of hydrogen-bond acceptors (Lipinski definition) is 4. The van der Waals surface area contributed by atoms with Crippen LogP contribution in [-0.4, -0.2) is 50.8 Å². The van der Waals surface area contributed by atoms with Crippen LogP contribution >= 0.6 is 0 Å². The molecule has 0 bridgehead atoms. The molecule has 0 spiro atoms. The Kier molecular flexibility index (Phi) is 15.0. The van der Waals surface area contributed by atoms with Gasteiger partial charge in [-0.05, 0) is 52.4 Å². The summed E-state index contributed by atoms with van der Waals surface area (Å²) in [5.41, 5.74) is 0. The molecule has 0 aromatic carbocycles.